The van der Waals surface area contributed by atoms with Crippen LogP contribution in [0.5, 0.6) is 5.75 Å². The predicted octanol–water partition coefficient (Wildman–Crippen LogP) is 3.70. The number of hydrogen-bond donors (Lipinski definition) is 1. The number of carbonyl (C=O) groups is 1. The highest BCUT2D eigenvalue weighted by Crippen LogP contribution is 2.34. The number of fused-ring (bicyclic) bond motifs is 1. The third kappa shape index (κ3) is 4.95. The van der Waals surface area contributed by atoms with Crippen molar-refractivity contribution in [3.05, 3.63) is 75.0 Å². The van der Waals surface area contributed by atoms with Gasteiger partial charge in [0.2, 0.25) is 0 Å². The Bertz CT molecular complexity index is 1360. The predicted molar refractivity (Wildman–Crippen MR) is 141 cm³/mol. The van der Waals surface area contributed by atoms with E-state index < -0.39 is 0 Å². The lowest BCUT2D eigenvalue weighted by atomic mass is 10.2. The van der Waals surface area contributed by atoms with Gasteiger partial charge < -0.3 is 14.8 Å². The molecular formula is C25H24N4O4S2. The molecule has 1 atom stereocenters. The Labute approximate surface area is 211 Å². The van der Waals surface area contributed by atoms with E-state index in [1.54, 1.807) is 36.4 Å². The summed E-state index contributed by atoms with van der Waals surface area (Å²) in [5, 5.41) is 3.28. The first-order valence-corrected chi connectivity index (χ1v) is 12.5. The van der Waals surface area contributed by atoms with Gasteiger partial charge in [0.15, 0.2) is 0 Å². The molecule has 35 heavy (non-hydrogen) atoms. The lowest BCUT2D eigenvalue weighted by Crippen LogP contribution is -2.27. The molecule has 2 aliphatic rings. The van der Waals surface area contributed by atoms with Crippen LogP contribution in [-0.2, 0) is 16.1 Å². The largest absolute Gasteiger partial charge is 0.497 e. The summed E-state index contributed by atoms with van der Waals surface area (Å²) < 4.78 is 12.8. The number of hydrogen-bond acceptors (Lipinski definition) is 8. The zero-order chi connectivity index (χ0) is 24.4. The monoisotopic (exact) mass is 508 g/mol. The molecule has 2 aliphatic heterocycles. The van der Waals surface area contributed by atoms with E-state index >= 15 is 0 Å². The molecule has 0 spiro atoms. The number of nitrogens with zero attached hydrogens (tertiary/aromatic N) is 3. The van der Waals surface area contributed by atoms with Crippen molar-refractivity contribution in [1.29, 1.82) is 0 Å². The molecule has 4 heterocycles. The van der Waals surface area contributed by atoms with Gasteiger partial charge in [-0.1, -0.05) is 42.2 Å². The average Bonchev–Trinajstić information content (AvgIpc) is 3.49. The van der Waals surface area contributed by atoms with Gasteiger partial charge in [-0.2, -0.15) is 0 Å². The number of benzene rings is 1. The Balaban J connectivity index is 1.46. The quantitative estimate of drug-likeness (QED) is 0.382. The number of pyridine rings is 1. The fourth-order valence-corrected chi connectivity index (χ4v) is 5.30. The highest BCUT2D eigenvalue weighted by atomic mass is 32.2. The van der Waals surface area contributed by atoms with E-state index in [2.05, 4.69) is 10.3 Å². The lowest BCUT2D eigenvalue weighted by molar-refractivity contribution is -0.122. The third-order valence-corrected chi connectivity index (χ3v) is 7.32. The van der Waals surface area contributed by atoms with Crippen molar-refractivity contribution in [1.82, 2.24) is 14.3 Å². The molecule has 0 radical (unpaired) electrons. The normalized spacial score (nSPS) is 19.2. The summed E-state index contributed by atoms with van der Waals surface area (Å²) >= 11 is 6.68. The second-order valence-electron chi connectivity index (χ2n) is 8.24. The molecule has 2 saturated heterocycles. The van der Waals surface area contributed by atoms with Crippen LogP contribution in [0.25, 0.3) is 11.7 Å². The van der Waals surface area contributed by atoms with Crippen molar-refractivity contribution in [2.45, 2.75) is 25.5 Å². The average molecular weight is 509 g/mol. The number of carbonyl (C=O) groups excluding carboxylic acids is 1. The topological polar surface area (TPSA) is 85.2 Å². The van der Waals surface area contributed by atoms with Crippen LogP contribution < -0.4 is 15.6 Å². The Morgan fingerprint density at radius 1 is 1.26 bits per heavy atom. The number of aromatic nitrogens is 2. The van der Waals surface area contributed by atoms with Crippen LogP contribution in [0.2, 0.25) is 0 Å². The summed E-state index contributed by atoms with van der Waals surface area (Å²) in [7, 11) is 1.61. The van der Waals surface area contributed by atoms with Gasteiger partial charge in [-0.25, -0.2) is 4.98 Å². The maximum absolute atomic E-state index is 13.4. The highest BCUT2D eigenvalue weighted by molar-refractivity contribution is 8.26. The van der Waals surface area contributed by atoms with Crippen LogP contribution in [0.15, 0.2) is 58.4 Å². The summed E-state index contributed by atoms with van der Waals surface area (Å²) in [5.41, 5.74) is 1.51. The van der Waals surface area contributed by atoms with Gasteiger partial charge in [-0.05, 0) is 48.7 Å². The summed E-state index contributed by atoms with van der Waals surface area (Å²) in [4.78, 5) is 33.2. The number of anilines is 1. The SMILES string of the molecule is COc1ccc(CN2C(=O)/C(=C/c3c(NC[C@@H]4CCCO4)nc4ccccn4c3=O)SC2=S)cc1. The molecule has 1 amide bonds. The molecule has 0 unspecified atom stereocenters. The van der Waals surface area contributed by atoms with Gasteiger partial charge in [0.1, 0.15) is 21.5 Å². The van der Waals surface area contributed by atoms with E-state index in [-0.39, 0.29) is 17.6 Å². The first-order valence-electron chi connectivity index (χ1n) is 11.3. The van der Waals surface area contributed by atoms with Gasteiger partial charge in [0.05, 0.1) is 30.2 Å². The lowest BCUT2D eigenvalue weighted by Gasteiger charge is -2.15. The summed E-state index contributed by atoms with van der Waals surface area (Å²) in [5.74, 6) is 0.932. The second kappa shape index (κ2) is 10.2. The van der Waals surface area contributed by atoms with Gasteiger partial charge in [0, 0.05) is 19.3 Å². The van der Waals surface area contributed by atoms with Crippen LogP contribution in [0.3, 0.4) is 0 Å². The maximum Gasteiger partial charge on any atom is 0.267 e. The van der Waals surface area contributed by atoms with Crippen LogP contribution in [0.4, 0.5) is 5.82 Å². The van der Waals surface area contributed by atoms with Crippen molar-refractivity contribution >= 4 is 51.7 Å². The van der Waals surface area contributed by atoms with Crippen LogP contribution in [0, 0.1) is 0 Å². The molecule has 180 valence electrons. The van der Waals surface area contributed by atoms with Crippen molar-refractivity contribution in [2.24, 2.45) is 0 Å². The van der Waals surface area contributed by atoms with Gasteiger partial charge in [-0.3, -0.25) is 18.9 Å². The highest BCUT2D eigenvalue weighted by Gasteiger charge is 2.32. The fourth-order valence-electron chi connectivity index (χ4n) is 4.06. The number of methoxy groups -OCH3 is 1. The van der Waals surface area contributed by atoms with E-state index in [0.717, 1.165) is 30.8 Å². The minimum absolute atomic E-state index is 0.0709. The molecule has 2 aromatic heterocycles. The van der Waals surface area contributed by atoms with Crippen molar-refractivity contribution < 1.29 is 14.3 Å². The summed E-state index contributed by atoms with van der Waals surface area (Å²) in [6.45, 7) is 1.61. The standard InChI is InChI=1S/C25H24N4O4S2/c1-32-17-9-7-16(8-10-17)15-29-24(31)20(35-25(29)34)13-19-22(26-14-18-5-4-12-33-18)27-21-6-2-3-11-28(21)23(19)30/h2-3,6-11,13,18,26H,4-5,12,14-15H2,1H3/b20-13-/t18-/m0/s1. The molecule has 0 saturated carbocycles. The number of thiocarbonyl (C=S) groups is 1. The molecular weight excluding hydrogens is 484 g/mol. The van der Waals surface area contributed by atoms with E-state index in [0.29, 0.717) is 39.3 Å². The van der Waals surface area contributed by atoms with Crippen LogP contribution in [0.1, 0.15) is 24.0 Å². The first-order chi connectivity index (χ1) is 17.0. The second-order valence-corrected chi connectivity index (χ2v) is 9.92. The van der Waals surface area contributed by atoms with Gasteiger partial charge >= 0.3 is 0 Å². The number of nitrogens with one attached hydrogen (secondary N) is 1. The number of amides is 1. The Hall–Kier alpha value is -3.21. The third-order valence-electron chi connectivity index (χ3n) is 5.94. The summed E-state index contributed by atoms with van der Waals surface area (Å²) in [6.07, 6.45) is 5.31. The van der Waals surface area contributed by atoms with Crippen LogP contribution in [-0.4, -0.2) is 50.9 Å². The van der Waals surface area contributed by atoms with Crippen molar-refractivity contribution in [3.63, 3.8) is 0 Å². The number of rotatable bonds is 7. The Kier molecular flexibility index (Phi) is 6.85. The molecule has 0 bridgehead atoms. The molecule has 1 aromatic carbocycles. The number of ether oxygens (including phenoxy) is 2. The fraction of sp³-hybridized carbons (Fsp3) is 0.280. The first kappa shape index (κ1) is 23.5. The zero-order valence-electron chi connectivity index (χ0n) is 19.1. The maximum atomic E-state index is 13.4. The van der Waals surface area contributed by atoms with E-state index in [1.165, 1.54) is 16.2 Å². The van der Waals surface area contributed by atoms with Crippen LogP contribution >= 0.6 is 24.0 Å². The molecule has 5 rings (SSSR count). The van der Waals surface area contributed by atoms with Gasteiger partial charge in [0.25, 0.3) is 11.5 Å². The van der Waals surface area contributed by atoms with Crippen molar-refractivity contribution in [2.75, 3.05) is 25.6 Å². The van der Waals surface area contributed by atoms with E-state index in [9.17, 15) is 9.59 Å². The molecule has 8 nitrogen and oxygen atoms in total. The van der Waals surface area contributed by atoms with E-state index in [1.807, 2.05) is 30.3 Å². The molecule has 3 aromatic rings. The molecule has 2 fully saturated rings. The summed E-state index contributed by atoms with van der Waals surface area (Å²) in [6, 6.07) is 12.9. The van der Waals surface area contributed by atoms with Gasteiger partial charge in [-0.15, -0.1) is 0 Å². The smallest absolute Gasteiger partial charge is 0.267 e. The Morgan fingerprint density at radius 3 is 2.83 bits per heavy atom. The minimum Gasteiger partial charge on any atom is -0.497 e. The molecule has 1 N–H and O–H groups in total. The molecule has 0 aliphatic carbocycles. The zero-order valence-corrected chi connectivity index (χ0v) is 20.7. The molecule has 10 heteroatoms. The number of thioether (sulfide) groups is 1. The van der Waals surface area contributed by atoms with E-state index in [4.69, 9.17) is 21.7 Å². The minimum atomic E-state index is -0.258. The Morgan fingerprint density at radius 2 is 2.09 bits per heavy atom. The van der Waals surface area contributed by atoms with Crippen molar-refractivity contribution in [3.8, 4) is 5.75 Å².